The lowest BCUT2D eigenvalue weighted by Gasteiger charge is -2.22. The molecule has 0 fully saturated rings. The Morgan fingerprint density at radius 1 is 1.52 bits per heavy atom. The number of halogens is 1. The number of nitrogen functional groups attached to an aromatic ring is 1. The second-order valence-corrected chi connectivity index (χ2v) is 6.14. The van der Waals surface area contributed by atoms with Crippen LogP contribution in [0.2, 0.25) is 0 Å². The Morgan fingerprint density at radius 3 is 2.76 bits per heavy atom. The molecule has 6 heteroatoms. The summed E-state index contributed by atoms with van der Waals surface area (Å²) >= 11 is 0. The van der Waals surface area contributed by atoms with E-state index in [-0.39, 0.29) is 17.7 Å². The van der Waals surface area contributed by atoms with E-state index in [2.05, 4.69) is 10.3 Å². The number of aromatic nitrogens is 1. The van der Waals surface area contributed by atoms with E-state index in [1.54, 1.807) is 0 Å². The van der Waals surface area contributed by atoms with Crippen LogP contribution in [0, 0.1) is 5.82 Å². The van der Waals surface area contributed by atoms with Crippen LogP contribution in [-0.4, -0.2) is 22.7 Å². The van der Waals surface area contributed by atoms with Gasteiger partial charge in [-0.25, -0.2) is 14.2 Å². The number of nitrogens with two attached hydrogens (primary N) is 1. The number of carbonyl (C=O) groups is 1. The fourth-order valence-electron chi connectivity index (χ4n) is 1.84. The van der Waals surface area contributed by atoms with Gasteiger partial charge in [-0.05, 0) is 47.0 Å². The minimum atomic E-state index is -0.511. The SMILES string of the molecule is C[C@@H](CCCc1cnc(N)cc1F)NC(=O)OC(C)(C)C. The molecule has 1 aromatic rings. The molecule has 0 saturated heterocycles. The van der Waals surface area contributed by atoms with Gasteiger partial charge in [0.05, 0.1) is 0 Å². The van der Waals surface area contributed by atoms with Crippen molar-refractivity contribution in [3.63, 3.8) is 0 Å². The maximum Gasteiger partial charge on any atom is 0.407 e. The number of carbonyl (C=O) groups excluding carboxylic acids is 1. The van der Waals surface area contributed by atoms with Gasteiger partial charge in [0.25, 0.3) is 0 Å². The Hall–Kier alpha value is -1.85. The fraction of sp³-hybridized carbons (Fsp3) is 0.600. The van der Waals surface area contributed by atoms with Gasteiger partial charge in [-0.2, -0.15) is 0 Å². The Labute approximate surface area is 125 Å². The van der Waals surface area contributed by atoms with Crippen LogP contribution in [0.4, 0.5) is 15.0 Å². The van der Waals surface area contributed by atoms with Gasteiger partial charge in [0, 0.05) is 23.9 Å². The van der Waals surface area contributed by atoms with Crippen molar-refractivity contribution in [1.29, 1.82) is 0 Å². The third-order valence-electron chi connectivity index (χ3n) is 2.80. The standard InChI is InChI=1S/C15H24FN3O2/c1-10(19-14(20)21-15(2,3)4)6-5-7-11-9-18-13(17)8-12(11)16/h8-10H,5-7H2,1-4H3,(H2,17,18)(H,19,20)/t10-/m0/s1. The van der Waals surface area contributed by atoms with Gasteiger partial charge in [0.2, 0.25) is 0 Å². The van der Waals surface area contributed by atoms with Crippen molar-refractivity contribution in [2.24, 2.45) is 0 Å². The first-order valence-corrected chi connectivity index (χ1v) is 7.07. The Bertz CT molecular complexity index is 486. The highest BCUT2D eigenvalue weighted by molar-refractivity contribution is 5.67. The quantitative estimate of drug-likeness (QED) is 0.875. The van der Waals surface area contributed by atoms with Crippen LogP contribution in [0.5, 0.6) is 0 Å². The number of alkyl carbamates (subject to hydrolysis) is 1. The van der Waals surface area contributed by atoms with Crippen molar-refractivity contribution in [3.8, 4) is 0 Å². The Morgan fingerprint density at radius 2 is 2.19 bits per heavy atom. The van der Waals surface area contributed by atoms with Crippen LogP contribution in [0.15, 0.2) is 12.3 Å². The molecule has 118 valence electrons. The van der Waals surface area contributed by atoms with E-state index in [1.807, 2.05) is 27.7 Å². The summed E-state index contributed by atoms with van der Waals surface area (Å²) in [6.07, 6.45) is 3.04. The first-order valence-electron chi connectivity index (χ1n) is 7.07. The number of nitrogens with zero attached hydrogens (tertiary/aromatic N) is 1. The largest absolute Gasteiger partial charge is 0.444 e. The molecule has 5 nitrogen and oxygen atoms in total. The predicted molar refractivity (Wildman–Crippen MR) is 80.4 cm³/mol. The van der Waals surface area contributed by atoms with Gasteiger partial charge in [-0.15, -0.1) is 0 Å². The first-order chi connectivity index (χ1) is 9.67. The minimum Gasteiger partial charge on any atom is -0.444 e. The molecule has 0 aliphatic rings. The topological polar surface area (TPSA) is 77.2 Å². The summed E-state index contributed by atoms with van der Waals surface area (Å²) in [5, 5.41) is 2.76. The molecule has 1 amide bonds. The molecule has 1 atom stereocenters. The highest BCUT2D eigenvalue weighted by atomic mass is 19.1. The van der Waals surface area contributed by atoms with Crippen molar-refractivity contribution in [2.45, 2.75) is 58.6 Å². The minimum absolute atomic E-state index is 0.0374. The fourth-order valence-corrected chi connectivity index (χ4v) is 1.84. The summed E-state index contributed by atoms with van der Waals surface area (Å²) in [7, 11) is 0. The summed E-state index contributed by atoms with van der Waals surface area (Å²) in [5.74, 6) is -0.161. The molecule has 0 bridgehead atoms. The van der Waals surface area contributed by atoms with Crippen LogP contribution in [0.3, 0.4) is 0 Å². The summed E-state index contributed by atoms with van der Waals surface area (Å²) in [4.78, 5) is 15.5. The zero-order chi connectivity index (χ0) is 16.0. The van der Waals surface area contributed by atoms with Crippen molar-refractivity contribution in [1.82, 2.24) is 10.3 Å². The monoisotopic (exact) mass is 297 g/mol. The predicted octanol–water partition coefficient (Wildman–Crippen LogP) is 3.04. The molecule has 0 unspecified atom stereocenters. The molecule has 0 aliphatic carbocycles. The number of hydrogen-bond acceptors (Lipinski definition) is 4. The highest BCUT2D eigenvalue weighted by Gasteiger charge is 2.17. The highest BCUT2D eigenvalue weighted by Crippen LogP contribution is 2.13. The van der Waals surface area contributed by atoms with Crippen molar-refractivity contribution < 1.29 is 13.9 Å². The van der Waals surface area contributed by atoms with Gasteiger partial charge < -0.3 is 15.8 Å². The van der Waals surface area contributed by atoms with Crippen LogP contribution in [-0.2, 0) is 11.2 Å². The second-order valence-electron chi connectivity index (χ2n) is 6.14. The smallest absolute Gasteiger partial charge is 0.407 e. The normalized spacial score (nSPS) is 12.8. The Kier molecular flexibility index (Phi) is 5.93. The molecule has 1 heterocycles. The molecule has 0 spiro atoms. The molecule has 0 saturated carbocycles. The number of anilines is 1. The van der Waals surface area contributed by atoms with Gasteiger partial charge in [-0.1, -0.05) is 0 Å². The van der Waals surface area contributed by atoms with E-state index in [0.29, 0.717) is 12.0 Å². The van der Waals surface area contributed by atoms with E-state index < -0.39 is 11.7 Å². The maximum atomic E-state index is 13.6. The molecule has 0 aromatic carbocycles. The molecule has 0 aliphatic heterocycles. The number of rotatable bonds is 5. The van der Waals surface area contributed by atoms with Crippen LogP contribution < -0.4 is 11.1 Å². The summed E-state index contributed by atoms with van der Waals surface area (Å²) in [5.41, 5.74) is 5.42. The number of ether oxygens (including phenoxy) is 1. The lowest BCUT2D eigenvalue weighted by atomic mass is 10.1. The van der Waals surface area contributed by atoms with Gasteiger partial charge in [0.1, 0.15) is 17.2 Å². The van der Waals surface area contributed by atoms with Crippen LogP contribution in [0.25, 0.3) is 0 Å². The van der Waals surface area contributed by atoms with Crippen molar-refractivity contribution in [2.75, 3.05) is 5.73 Å². The molecular formula is C15H24FN3O2. The van der Waals surface area contributed by atoms with E-state index >= 15 is 0 Å². The molecular weight excluding hydrogens is 273 g/mol. The first kappa shape index (κ1) is 17.2. The van der Waals surface area contributed by atoms with E-state index in [4.69, 9.17) is 10.5 Å². The van der Waals surface area contributed by atoms with Crippen molar-refractivity contribution >= 4 is 11.9 Å². The lowest BCUT2D eigenvalue weighted by Crippen LogP contribution is -2.37. The molecule has 0 radical (unpaired) electrons. The van der Waals surface area contributed by atoms with E-state index in [1.165, 1.54) is 12.3 Å². The van der Waals surface area contributed by atoms with Gasteiger partial charge >= 0.3 is 6.09 Å². The van der Waals surface area contributed by atoms with Gasteiger partial charge in [0.15, 0.2) is 0 Å². The number of amides is 1. The molecule has 3 N–H and O–H groups in total. The average Bonchev–Trinajstić information content (AvgIpc) is 2.29. The molecule has 1 rings (SSSR count). The third-order valence-corrected chi connectivity index (χ3v) is 2.80. The third kappa shape index (κ3) is 6.92. The maximum absolute atomic E-state index is 13.6. The van der Waals surface area contributed by atoms with E-state index in [0.717, 1.165) is 12.8 Å². The average molecular weight is 297 g/mol. The number of pyridine rings is 1. The number of nitrogens with one attached hydrogen (secondary N) is 1. The zero-order valence-electron chi connectivity index (χ0n) is 13.1. The van der Waals surface area contributed by atoms with Gasteiger partial charge in [-0.3, -0.25) is 0 Å². The zero-order valence-corrected chi connectivity index (χ0v) is 13.1. The summed E-state index contributed by atoms with van der Waals surface area (Å²) in [6, 6.07) is 1.18. The lowest BCUT2D eigenvalue weighted by molar-refractivity contribution is 0.0506. The van der Waals surface area contributed by atoms with E-state index in [9.17, 15) is 9.18 Å². The number of hydrogen-bond donors (Lipinski definition) is 2. The Balaban J connectivity index is 2.33. The number of aryl methyl sites for hydroxylation is 1. The summed E-state index contributed by atoms with van der Waals surface area (Å²) < 4.78 is 18.7. The summed E-state index contributed by atoms with van der Waals surface area (Å²) in [6.45, 7) is 7.33. The van der Waals surface area contributed by atoms with Crippen LogP contribution >= 0.6 is 0 Å². The molecule has 21 heavy (non-hydrogen) atoms. The second kappa shape index (κ2) is 7.24. The van der Waals surface area contributed by atoms with Crippen molar-refractivity contribution in [3.05, 3.63) is 23.6 Å². The molecule has 1 aromatic heterocycles. The van der Waals surface area contributed by atoms with Crippen LogP contribution in [0.1, 0.15) is 46.1 Å².